The summed E-state index contributed by atoms with van der Waals surface area (Å²) in [7, 11) is 0. The van der Waals surface area contributed by atoms with Crippen molar-refractivity contribution in [1.29, 1.82) is 0 Å². The summed E-state index contributed by atoms with van der Waals surface area (Å²) < 4.78 is 6.19. The Morgan fingerprint density at radius 2 is 1.82 bits per heavy atom. The van der Waals surface area contributed by atoms with Crippen LogP contribution < -0.4 is 0 Å². The van der Waals surface area contributed by atoms with E-state index in [2.05, 4.69) is 27.5 Å². The summed E-state index contributed by atoms with van der Waals surface area (Å²) in [5, 5.41) is 0. The molecule has 0 bridgehead atoms. The first-order chi connectivity index (χ1) is 5.36. The minimum Gasteiger partial charge on any atom is -0.378 e. The average molecular weight is 265 g/mol. The summed E-state index contributed by atoms with van der Waals surface area (Å²) in [5.41, 5.74) is 0. The Morgan fingerprint density at radius 3 is 2.27 bits per heavy atom. The van der Waals surface area contributed by atoms with E-state index in [4.69, 9.17) is 4.74 Å². The van der Waals surface area contributed by atoms with Gasteiger partial charge in [-0.15, -0.1) is 0 Å². The lowest BCUT2D eigenvalue weighted by Gasteiger charge is -2.35. The van der Waals surface area contributed by atoms with E-state index in [9.17, 15) is 0 Å². The Morgan fingerprint density at radius 1 is 1.18 bits per heavy atom. The highest BCUT2D eigenvalue weighted by Crippen LogP contribution is 2.51. The lowest BCUT2D eigenvalue weighted by atomic mass is 10.2. The van der Waals surface area contributed by atoms with Gasteiger partial charge in [-0.25, -0.2) is 0 Å². The molecule has 0 N–H and O–H groups in total. The minimum atomic E-state index is 0.784. The number of rotatable bonds is 1. The van der Waals surface area contributed by atoms with Crippen LogP contribution in [0.4, 0.5) is 0 Å². The Hall–Kier alpha value is 0.650. The molecule has 0 spiro atoms. The molecule has 3 heteroatoms. The largest absolute Gasteiger partial charge is 0.378 e. The molecule has 0 radical (unpaired) electrons. The summed E-state index contributed by atoms with van der Waals surface area (Å²) in [4.78, 5) is 2.62. The highest BCUT2D eigenvalue weighted by molar-refractivity contribution is 14.1. The van der Waals surface area contributed by atoms with Crippen molar-refractivity contribution < 1.29 is 4.74 Å². The molecule has 2 saturated heterocycles. The van der Waals surface area contributed by atoms with Crippen molar-refractivity contribution in [2.45, 2.75) is 9.97 Å². The molecular formula is C8H12INO. The zero-order valence-electron chi connectivity index (χ0n) is 6.37. The molecular weight excluding hydrogens is 253 g/mol. The van der Waals surface area contributed by atoms with Gasteiger partial charge < -0.3 is 4.74 Å². The fourth-order valence-corrected chi connectivity index (χ4v) is 3.50. The van der Waals surface area contributed by atoms with Crippen LogP contribution in [0.1, 0.15) is 0 Å². The molecule has 2 aliphatic heterocycles. The quantitative estimate of drug-likeness (QED) is 0.512. The Labute approximate surface area is 80.4 Å². The van der Waals surface area contributed by atoms with Gasteiger partial charge in [0.25, 0.3) is 0 Å². The lowest BCUT2D eigenvalue weighted by Crippen LogP contribution is -2.48. The van der Waals surface area contributed by atoms with Crippen molar-refractivity contribution in [2.75, 3.05) is 26.3 Å². The van der Waals surface area contributed by atoms with Gasteiger partial charge in [-0.3, -0.25) is 4.90 Å². The number of ether oxygens (including phenoxy) is 1. The van der Waals surface area contributed by atoms with Gasteiger partial charge in [-0.05, 0) is 11.8 Å². The Balaban J connectivity index is 1.60. The molecule has 1 aliphatic carbocycles. The highest BCUT2D eigenvalue weighted by Gasteiger charge is 2.55. The number of nitrogens with zero attached hydrogens (tertiary/aromatic N) is 1. The summed E-state index contributed by atoms with van der Waals surface area (Å²) in [6.45, 7) is 4.69. The van der Waals surface area contributed by atoms with Gasteiger partial charge >= 0.3 is 0 Å². The van der Waals surface area contributed by atoms with Crippen LogP contribution in [0, 0.1) is 11.8 Å². The fraction of sp³-hybridized carbons (Fsp3) is 1.00. The van der Waals surface area contributed by atoms with Crippen LogP contribution in [0.15, 0.2) is 0 Å². The van der Waals surface area contributed by atoms with E-state index in [0.29, 0.717) is 0 Å². The molecule has 62 valence electrons. The third-order valence-corrected chi connectivity index (χ3v) is 5.10. The standard InChI is InChI=1S/C8H12INO/c9-8-6-1-10(2-7(6)8)5-3-11-4-5/h5-8H,1-4H2/t6-,7?,8+/m1/s1. The minimum absolute atomic E-state index is 0.784. The van der Waals surface area contributed by atoms with Gasteiger partial charge in [-0.1, -0.05) is 22.6 Å². The normalized spacial score (nSPS) is 50.5. The molecule has 3 atom stereocenters. The van der Waals surface area contributed by atoms with Gasteiger partial charge in [-0.2, -0.15) is 0 Å². The summed E-state index contributed by atoms with van der Waals surface area (Å²) in [5.74, 6) is 2.08. The number of likely N-dealkylation sites (tertiary alicyclic amines) is 1. The van der Waals surface area contributed by atoms with Crippen molar-refractivity contribution in [1.82, 2.24) is 4.90 Å². The van der Waals surface area contributed by atoms with E-state index in [1.165, 1.54) is 13.1 Å². The maximum absolute atomic E-state index is 5.18. The van der Waals surface area contributed by atoms with Crippen molar-refractivity contribution >= 4 is 22.6 Å². The number of hydrogen-bond acceptors (Lipinski definition) is 2. The SMILES string of the molecule is I[C@@H]1C2CN(C3COC3)C[C@H]21. The average Bonchev–Trinajstić information content (AvgIpc) is 2.42. The molecule has 0 aromatic rings. The Bertz CT molecular complexity index is 171. The van der Waals surface area contributed by atoms with Crippen LogP contribution in [-0.2, 0) is 4.74 Å². The van der Waals surface area contributed by atoms with E-state index in [0.717, 1.165) is 35.0 Å². The van der Waals surface area contributed by atoms with Gasteiger partial charge in [0.05, 0.1) is 19.3 Å². The third-order valence-electron chi connectivity index (χ3n) is 3.25. The van der Waals surface area contributed by atoms with Crippen LogP contribution in [0.3, 0.4) is 0 Å². The second kappa shape index (κ2) is 2.33. The molecule has 1 saturated carbocycles. The van der Waals surface area contributed by atoms with E-state index in [-0.39, 0.29) is 0 Å². The molecule has 2 heterocycles. The molecule has 3 aliphatic rings. The number of fused-ring (bicyclic) bond motifs is 1. The van der Waals surface area contributed by atoms with E-state index < -0.39 is 0 Å². The zero-order valence-corrected chi connectivity index (χ0v) is 8.53. The summed E-state index contributed by atoms with van der Waals surface area (Å²) in [6, 6.07) is 0.784. The van der Waals surface area contributed by atoms with Crippen LogP contribution in [-0.4, -0.2) is 41.2 Å². The molecule has 0 aromatic heterocycles. The van der Waals surface area contributed by atoms with Crippen LogP contribution in [0.25, 0.3) is 0 Å². The van der Waals surface area contributed by atoms with E-state index in [1.807, 2.05) is 0 Å². The van der Waals surface area contributed by atoms with Gasteiger partial charge in [0.1, 0.15) is 0 Å². The molecule has 3 rings (SSSR count). The van der Waals surface area contributed by atoms with Crippen molar-refractivity contribution in [3.05, 3.63) is 0 Å². The van der Waals surface area contributed by atoms with Crippen LogP contribution in [0.5, 0.6) is 0 Å². The van der Waals surface area contributed by atoms with Crippen molar-refractivity contribution in [3.8, 4) is 0 Å². The molecule has 1 unspecified atom stereocenters. The monoisotopic (exact) mass is 265 g/mol. The first kappa shape index (κ1) is 7.09. The van der Waals surface area contributed by atoms with Crippen LogP contribution >= 0.6 is 22.6 Å². The van der Waals surface area contributed by atoms with Crippen molar-refractivity contribution in [3.63, 3.8) is 0 Å². The Kier molecular flexibility index (Phi) is 1.50. The van der Waals surface area contributed by atoms with Crippen molar-refractivity contribution in [2.24, 2.45) is 11.8 Å². The number of halogens is 1. The molecule has 0 aromatic carbocycles. The summed E-state index contributed by atoms with van der Waals surface area (Å²) in [6.07, 6.45) is 0. The second-order valence-corrected chi connectivity index (χ2v) is 5.36. The topological polar surface area (TPSA) is 12.5 Å². The van der Waals surface area contributed by atoms with Gasteiger partial charge in [0, 0.05) is 17.0 Å². The third kappa shape index (κ3) is 0.971. The van der Waals surface area contributed by atoms with E-state index >= 15 is 0 Å². The van der Waals surface area contributed by atoms with Gasteiger partial charge in [0.15, 0.2) is 0 Å². The second-order valence-electron chi connectivity index (χ2n) is 3.92. The van der Waals surface area contributed by atoms with Gasteiger partial charge in [0.2, 0.25) is 0 Å². The molecule has 3 fully saturated rings. The smallest absolute Gasteiger partial charge is 0.0645 e. The van der Waals surface area contributed by atoms with E-state index in [1.54, 1.807) is 0 Å². The predicted octanol–water partition coefficient (Wildman–Crippen LogP) is 0.750. The zero-order chi connectivity index (χ0) is 7.42. The predicted molar refractivity (Wildman–Crippen MR) is 51.0 cm³/mol. The number of hydrogen-bond donors (Lipinski definition) is 0. The first-order valence-corrected chi connectivity index (χ1v) is 5.56. The first-order valence-electron chi connectivity index (χ1n) is 4.32. The maximum atomic E-state index is 5.18. The molecule has 11 heavy (non-hydrogen) atoms. The van der Waals surface area contributed by atoms with Crippen LogP contribution in [0.2, 0.25) is 0 Å². The summed E-state index contributed by atoms with van der Waals surface area (Å²) >= 11 is 2.60. The molecule has 2 nitrogen and oxygen atoms in total. The lowest BCUT2D eigenvalue weighted by molar-refractivity contribution is -0.0602. The maximum Gasteiger partial charge on any atom is 0.0645 e. The number of alkyl halides is 1. The highest BCUT2D eigenvalue weighted by atomic mass is 127. The number of piperidine rings is 1. The molecule has 0 amide bonds. The fourth-order valence-electron chi connectivity index (χ4n) is 2.22.